The highest BCUT2D eigenvalue weighted by Crippen LogP contribution is 2.33. The van der Waals surface area contributed by atoms with Gasteiger partial charge in [-0.1, -0.05) is 29.8 Å². The molecule has 0 aliphatic rings. The van der Waals surface area contributed by atoms with Crippen LogP contribution in [0.3, 0.4) is 0 Å². The van der Waals surface area contributed by atoms with E-state index in [1.807, 2.05) is 45.0 Å². The number of hydrogen-bond donors (Lipinski definition) is 2. The van der Waals surface area contributed by atoms with Gasteiger partial charge in [-0.15, -0.1) is 0 Å². The number of nitrogens with one attached hydrogen (secondary N) is 1. The van der Waals surface area contributed by atoms with E-state index in [9.17, 15) is 9.18 Å². The molecule has 2 aromatic carbocycles. The molecular weight excluding hydrogens is 395 g/mol. The van der Waals surface area contributed by atoms with Gasteiger partial charge in [-0.25, -0.2) is 19.0 Å². The van der Waals surface area contributed by atoms with Crippen LogP contribution in [0.15, 0.2) is 54.9 Å². The highest BCUT2D eigenvalue weighted by molar-refractivity contribution is 5.98. The van der Waals surface area contributed by atoms with Gasteiger partial charge in [0.05, 0.1) is 10.9 Å². The Hall–Kier alpha value is -3.81. The standard InChI is InChI=1S/C23H23FN6O/c1-14-4-6-15(7-5-14)19-18-20(25)27-13-28-21(18)30(29-19)23(2,3)12-26-22(31)16-8-10-17(24)11-9-16/h4-11,13H,12H2,1-3H3,(H,26,31)(H2,25,27,28). The van der Waals surface area contributed by atoms with Gasteiger partial charge in [-0.05, 0) is 45.0 Å². The number of carbonyl (C=O) groups is 1. The molecule has 0 atom stereocenters. The van der Waals surface area contributed by atoms with E-state index in [4.69, 9.17) is 10.8 Å². The fraction of sp³-hybridized carbons (Fsp3) is 0.217. The Morgan fingerprint density at radius 2 is 1.77 bits per heavy atom. The van der Waals surface area contributed by atoms with Gasteiger partial charge < -0.3 is 11.1 Å². The molecule has 0 aliphatic carbocycles. The second-order valence-corrected chi connectivity index (χ2v) is 8.09. The number of aryl methyl sites for hydroxylation is 1. The normalized spacial score (nSPS) is 11.6. The quantitative estimate of drug-likeness (QED) is 0.515. The molecule has 0 fully saturated rings. The lowest BCUT2D eigenvalue weighted by Gasteiger charge is -2.26. The molecule has 31 heavy (non-hydrogen) atoms. The first-order valence-electron chi connectivity index (χ1n) is 9.87. The smallest absolute Gasteiger partial charge is 0.251 e. The van der Waals surface area contributed by atoms with Crippen LogP contribution in [0, 0.1) is 12.7 Å². The number of nitrogens with two attached hydrogens (primary N) is 1. The van der Waals surface area contributed by atoms with E-state index in [-0.39, 0.29) is 18.3 Å². The number of rotatable bonds is 5. The van der Waals surface area contributed by atoms with E-state index in [1.165, 1.54) is 30.6 Å². The minimum Gasteiger partial charge on any atom is -0.383 e. The molecule has 2 heterocycles. The summed E-state index contributed by atoms with van der Waals surface area (Å²) in [6.45, 7) is 6.19. The van der Waals surface area contributed by atoms with Crippen molar-refractivity contribution in [1.29, 1.82) is 0 Å². The lowest BCUT2D eigenvalue weighted by Crippen LogP contribution is -2.41. The number of aromatic nitrogens is 4. The van der Waals surface area contributed by atoms with Crippen LogP contribution in [0.5, 0.6) is 0 Å². The third-order valence-corrected chi connectivity index (χ3v) is 5.18. The molecule has 7 nitrogen and oxygen atoms in total. The van der Waals surface area contributed by atoms with Crippen LogP contribution in [-0.4, -0.2) is 32.2 Å². The molecule has 4 aromatic rings. The minimum atomic E-state index is -0.627. The van der Waals surface area contributed by atoms with Gasteiger partial charge in [-0.3, -0.25) is 4.79 Å². The number of halogens is 1. The van der Waals surface area contributed by atoms with Crippen LogP contribution >= 0.6 is 0 Å². The maximum Gasteiger partial charge on any atom is 0.251 e. The highest BCUT2D eigenvalue weighted by Gasteiger charge is 2.28. The molecule has 0 unspecified atom stereocenters. The molecule has 158 valence electrons. The average Bonchev–Trinajstić information content (AvgIpc) is 3.15. The van der Waals surface area contributed by atoms with Crippen molar-refractivity contribution in [3.8, 4) is 11.3 Å². The van der Waals surface area contributed by atoms with Crippen molar-refractivity contribution in [2.24, 2.45) is 0 Å². The molecule has 4 rings (SSSR count). The van der Waals surface area contributed by atoms with Crippen molar-refractivity contribution in [2.75, 3.05) is 12.3 Å². The predicted molar refractivity (Wildman–Crippen MR) is 118 cm³/mol. The van der Waals surface area contributed by atoms with Gasteiger partial charge in [-0.2, -0.15) is 5.10 Å². The Bertz CT molecular complexity index is 1250. The van der Waals surface area contributed by atoms with Gasteiger partial charge in [0.2, 0.25) is 0 Å². The van der Waals surface area contributed by atoms with Crippen molar-refractivity contribution >= 4 is 22.8 Å². The molecule has 3 N–H and O–H groups in total. The lowest BCUT2D eigenvalue weighted by atomic mass is 10.1. The van der Waals surface area contributed by atoms with Crippen LogP contribution in [0.4, 0.5) is 10.2 Å². The van der Waals surface area contributed by atoms with Gasteiger partial charge >= 0.3 is 0 Å². The van der Waals surface area contributed by atoms with E-state index in [2.05, 4.69) is 15.3 Å². The SMILES string of the molecule is Cc1ccc(-c2nn(C(C)(C)CNC(=O)c3ccc(F)cc3)c3ncnc(N)c23)cc1. The molecule has 0 saturated carbocycles. The number of nitrogens with zero attached hydrogens (tertiary/aromatic N) is 4. The number of amides is 1. The Labute approximate surface area is 179 Å². The summed E-state index contributed by atoms with van der Waals surface area (Å²) in [7, 11) is 0. The van der Waals surface area contributed by atoms with E-state index in [0.29, 0.717) is 28.1 Å². The minimum absolute atomic E-state index is 0.275. The molecule has 8 heteroatoms. The van der Waals surface area contributed by atoms with Gasteiger partial charge in [0.15, 0.2) is 5.65 Å². The summed E-state index contributed by atoms with van der Waals surface area (Å²) in [4.78, 5) is 21.1. The zero-order valence-corrected chi connectivity index (χ0v) is 17.6. The summed E-state index contributed by atoms with van der Waals surface area (Å²) in [5.74, 6) is -0.337. The number of fused-ring (bicyclic) bond motifs is 1. The van der Waals surface area contributed by atoms with Gasteiger partial charge in [0.25, 0.3) is 5.91 Å². The van der Waals surface area contributed by atoms with E-state index >= 15 is 0 Å². The summed E-state index contributed by atoms with van der Waals surface area (Å²) < 4.78 is 14.9. The summed E-state index contributed by atoms with van der Waals surface area (Å²) in [6.07, 6.45) is 1.40. The second-order valence-electron chi connectivity index (χ2n) is 8.09. The van der Waals surface area contributed by atoms with Crippen molar-refractivity contribution in [1.82, 2.24) is 25.1 Å². The fourth-order valence-electron chi connectivity index (χ4n) is 3.38. The van der Waals surface area contributed by atoms with Crippen LogP contribution in [-0.2, 0) is 5.54 Å². The molecule has 0 saturated heterocycles. The van der Waals surface area contributed by atoms with Gasteiger partial charge in [0.1, 0.15) is 23.7 Å². The van der Waals surface area contributed by atoms with Crippen LogP contribution in [0.2, 0.25) is 0 Å². The van der Waals surface area contributed by atoms with E-state index in [0.717, 1.165) is 11.1 Å². The van der Waals surface area contributed by atoms with Crippen LogP contribution < -0.4 is 11.1 Å². The summed E-state index contributed by atoms with van der Waals surface area (Å²) >= 11 is 0. The monoisotopic (exact) mass is 418 g/mol. The summed E-state index contributed by atoms with van der Waals surface area (Å²) in [5, 5.41) is 8.38. The fourth-order valence-corrected chi connectivity index (χ4v) is 3.38. The summed E-state index contributed by atoms with van der Waals surface area (Å²) in [5.41, 5.74) is 9.26. The number of carbonyl (C=O) groups excluding carboxylic acids is 1. The zero-order valence-electron chi connectivity index (χ0n) is 17.6. The van der Waals surface area contributed by atoms with Crippen molar-refractivity contribution in [3.05, 3.63) is 71.8 Å². The van der Waals surface area contributed by atoms with Crippen LogP contribution in [0.1, 0.15) is 29.8 Å². The molecule has 0 bridgehead atoms. The molecular formula is C23H23FN6O. The van der Waals surface area contributed by atoms with Crippen molar-refractivity contribution in [3.63, 3.8) is 0 Å². The Balaban J connectivity index is 1.69. The maximum atomic E-state index is 13.1. The first kappa shape index (κ1) is 20.5. The molecule has 2 aromatic heterocycles. The number of nitrogen functional groups attached to an aromatic ring is 1. The largest absolute Gasteiger partial charge is 0.383 e. The highest BCUT2D eigenvalue weighted by atomic mass is 19.1. The zero-order chi connectivity index (χ0) is 22.2. The molecule has 0 spiro atoms. The molecule has 0 radical (unpaired) electrons. The number of benzene rings is 2. The Morgan fingerprint density at radius 3 is 2.45 bits per heavy atom. The molecule has 0 aliphatic heterocycles. The number of anilines is 1. The predicted octanol–water partition coefficient (Wildman–Crippen LogP) is 3.69. The topological polar surface area (TPSA) is 98.7 Å². The van der Waals surface area contributed by atoms with Gasteiger partial charge in [0, 0.05) is 17.7 Å². The third-order valence-electron chi connectivity index (χ3n) is 5.18. The average molecular weight is 418 g/mol. The first-order valence-corrected chi connectivity index (χ1v) is 9.87. The second kappa shape index (κ2) is 7.79. The van der Waals surface area contributed by atoms with Crippen molar-refractivity contribution < 1.29 is 9.18 Å². The first-order chi connectivity index (χ1) is 14.8. The van der Waals surface area contributed by atoms with E-state index in [1.54, 1.807) is 4.68 Å². The summed E-state index contributed by atoms with van der Waals surface area (Å²) in [6, 6.07) is 13.4. The Kier molecular flexibility index (Phi) is 5.14. The van der Waals surface area contributed by atoms with Crippen LogP contribution in [0.25, 0.3) is 22.3 Å². The molecule has 1 amide bonds. The van der Waals surface area contributed by atoms with Crippen molar-refractivity contribution in [2.45, 2.75) is 26.3 Å². The van der Waals surface area contributed by atoms with E-state index < -0.39 is 5.54 Å². The lowest BCUT2D eigenvalue weighted by molar-refractivity contribution is 0.0936. The maximum absolute atomic E-state index is 13.1. The number of hydrogen-bond acceptors (Lipinski definition) is 5. The third kappa shape index (κ3) is 3.96. The Morgan fingerprint density at radius 1 is 1.10 bits per heavy atom.